The van der Waals surface area contributed by atoms with Crippen LogP contribution in [0.2, 0.25) is 0 Å². The van der Waals surface area contributed by atoms with E-state index in [1.54, 1.807) is 6.20 Å². The summed E-state index contributed by atoms with van der Waals surface area (Å²) < 4.78 is 0. The number of aliphatic hydroxyl groups is 1. The van der Waals surface area contributed by atoms with Gasteiger partial charge in [0.15, 0.2) is 0 Å². The first-order chi connectivity index (χ1) is 6.77. The van der Waals surface area contributed by atoms with Crippen LogP contribution in [0.15, 0.2) is 18.3 Å². The van der Waals surface area contributed by atoms with Gasteiger partial charge in [-0.1, -0.05) is 6.07 Å². The number of aromatic nitrogens is 1. The van der Waals surface area contributed by atoms with Crippen LogP contribution in [0.25, 0.3) is 0 Å². The molecule has 1 unspecified atom stereocenters. The quantitative estimate of drug-likeness (QED) is 0.761. The third-order valence-electron chi connectivity index (χ3n) is 2.65. The summed E-state index contributed by atoms with van der Waals surface area (Å²) in [5.41, 5.74) is 1.12. The fourth-order valence-corrected chi connectivity index (χ4v) is 1.52. The normalized spacial score (nSPS) is 17.9. The highest BCUT2D eigenvalue weighted by Gasteiger charge is 2.29. The molecule has 1 aliphatic carbocycles. The van der Waals surface area contributed by atoms with Crippen LogP contribution >= 0.6 is 0 Å². The topological polar surface area (TPSA) is 45.2 Å². The van der Waals surface area contributed by atoms with Crippen molar-refractivity contribution in [1.82, 2.24) is 4.98 Å². The molecule has 2 N–H and O–H groups in total. The summed E-state index contributed by atoms with van der Waals surface area (Å²) >= 11 is 0. The average Bonchev–Trinajstić information content (AvgIpc) is 2.99. The van der Waals surface area contributed by atoms with E-state index >= 15 is 0 Å². The van der Waals surface area contributed by atoms with Crippen molar-refractivity contribution in [3.8, 4) is 0 Å². The van der Waals surface area contributed by atoms with Crippen molar-refractivity contribution in [2.45, 2.75) is 25.9 Å². The van der Waals surface area contributed by atoms with Crippen molar-refractivity contribution < 1.29 is 5.11 Å². The number of hydrogen-bond donors (Lipinski definition) is 2. The van der Waals surface area contributed by atoms with Crippen molar-refractivity contribution in [2.75, 3.05) is 11.9 Å². The first-order valence-corrected chi connectivity index (χ1v) is 5.11. The van der Waals surface area contributed by atoms with Crippen molar-refractivity contribution in [2.24, 2.45) is 5.92 Å². The summed E-state index contributed by atoms with van der Waals surface area (Å²) in [4.78, 5) is 4.21. The molecule has 0 spiro atoms. The summed E-state index contributed by atoms with van der Waals surface area (Å²) in [6.07, 6.45) is 3.89. The Morgan fingerprint density at radius 3 is 3.07 bits per heavy atom. The molecule has 1 heterocycles. The fourth-order valence-electron chi connectivity index (χ4n) is 1.52. The van der Waals surface area contributed by atoms with E-state index in [1.807, 2.05) is 19.1 Å². The Hall–Kier alpha value is -1.09. The van der Waals surface area contributed by atoms with Crippen LogP contribution in [0.3, 0.4) is 0 Å². The molecular formula is C11H16N2O. The second-order valence-corrected chi connectivity index (χ2v) is 3.95. The van der Waals surface area contributed by atoms with Crippen LogP contribution < -0.4 is 5.32 Å². The Kier molecular flexibility index (Phi) is 2.68. The highest BCUT2D eigenvalue weighted by Crippen LogP contribution is 2.32. The highest BCUT2D eigenvalue weighted by molar-refractivity contribution is 5.42. The van der Waals surface area contributed by atoms with E-state index in [2.05, 4.69) is 10.3 Å². The maximum Gasteiger partial charge on any atom is 0.128 e. The average molecular weight is 192 g/mol. The van der Waals surface area contributed by atoms with Crippen molar-refractivity contribution in [3.63, 3.8) is 0 Å². The van der Waals surface area contributed by atoms with Gasteiger partial charge in [0.05, 0.1) is 6.10 Å². The Balaban J connectivity index is 1.87. The molecule has 76 valence electrons. The number of aryl methyl sites for hydroxylation is 1. The first-order valence-electron chi connectivity index (χ1n) is 5.11. The molecule has 1 fully saturated rings. The van der Waals surface area contributed by atoms with Crippen LogP contribution in [0, 0.1) is 12.8 Å². The lowest BCUT2D eigenvalue weighted by Crippen LogP contribution is -2.22. The maximum absolute atomic E-state index is 9.65. The standard InChI is InChI=1S/C11H16N2O/c1-8-3-2-6-12-11(8)13-7-10(14)9-4-5-9/h2-3,6,9-10,14H,4-5,7H2,1H3,(H,12,13). The monoisotopic (exact) mass is 192 g/mol. The van der Waals surface area contributed by atoms with E-state index in [0.717, 1.165) is 11.4 Å². The predicted octanol–water partition coefficient (Wildman–Crippen LogP) is 1.57. The lowest BCUT2D eigenvalue weighted by molar-refractivity contribution is 0.164. The Labute approximate surface area is 84.2 Å². The number of anilines is 1. The van der Waals surface area contributed by atoms with Gasteiger partial charge >= 0.3 is 0 Å². The van der Waals surface area contributed by atoms with Gasteiger partial charge in [0, 0.05) is 12.7 Å². The molecule has 1 aliphatic rings. The largest absolute Gasteiger partial charge is 0.391 e. The molecule has 0 saturated heterocycles. The second-order valence-electron chi connectivity index (χ2n) is 3.95. The number of nitrogens with zero attached hydrogens (tertiary/aromatic N) is 1. The lowest BCUT2D eigenvalue weighted by Gasteiger charge is -2.12. The van der Waals surface area contributed by atoms with E-state index < -0.39 is 0 Å². The van der Waals surface area contributed by atoms with Crippen molar-refractivity contribution in [3.05, 3.63) is 23.9 Å². The molecule has 14 heavy (non-hydrogen) atoms. The van der Waals surface area contributed by atoms with Crippen LogP contribution in [-0.2, 0) is 0 Å². The zero-order chi connectivity index (χ0) is 9.97. The summed E-state index contributed by atoms with van der Waals surface area (Å²) in [7, 11) is 0. The number of hydrogen-bond acceptors (Lipinski definition) is 3. The molecule has 3 heteroatoms. The zero-order valence-electron chi connectivity index (χ0n) is 8.40. The minimum absolute atomic E-state index is 0.212. The molecule has 0 radical (unpaired) electrons. The minimum Gasteiger partial charge on any atom is -0.391 e. The number of aliphatic hydroxyl groups excluding tert-OH is 1. The van der Waals surface area contributed by atoms with Gasteiger partial charge in [0.25, 0.3) is 0 Å². The first kappa shape index (κ1) is 9.46. The van der Waals surface area contributed by atoms with Crippen molar-refractivity contribution >= 4 is 5.82 Å². The summed E-state index contributed by atoms with van der Waals surface area (Å²) in [5.74, 6) is 1.40. The van der Waals surface area contributed by atoms with Gasteiger partial charge in [-0.2, -0.15) is 0 Å². The van der Waals surface area contributed by atoms with Crippen LogP contribution in [0.1, 0.15) is 18.4 Å². The lowest BCUT2D eigenvalue weighted by atomic mass is 10.2. The molecule has 1 aromatic heterocycles. The third kappa shape index (κ3) is 2.23. The summed E-state index contributed by atoms with van der Waals surface area (Å²) in [6, 6.07) is 3.93. The van der Waals surface area contributed by atoms with E-state index in [-0.39, 0.29) is 6.10 Å². The van der Waals surface area contributed by atoms with E-state index in [9.17, 15) is 5.11 Å². The third-order valence-corrected chi connectivity index (χ3v) is 2.65. The number of pyridine rings is 1. The fraction of sp³-hybridized carbons (Fsp3) is 0.545. The van der Waals surface area contributed by atoms with Crippen molar-refractivity contribution in [1.29, 1.82) is 0 Å². The molecule has 3 nitrogen and oxygen atoms in total. The Morgan fingerprint density at radius 2 is 2.43 bits per heavy atom. The highest BCUT2D eigenvalue weighted by atomic mass is 16.3. The maximum atomic E-state index is 9.65. The van der Waals surface area contributed by atoms with Gasteiger partial charge in [0.2, 0.25) is 0 Å². The van der Waals surface area contributed by atoms with Crippen LogP contribution in [-0.4, -0.2) is 22.7 Å². The van der Waals surface area contributed by atoms with E-state index in [1.165, 1.54) is 12.8 Å². The van der Waals surface area contributed by atoms with Gasteiger partial charge < -0.3 is 10.4 Å². The van der Waals surface area contributed by atoms with E-state index in [4.69, 9.17) is 0 Å². The van der Waals surface area contributed by atoms with E-state index in [0.29, 0.717) is 12.5 Å². The molecule has 0 amide bonds. The van der Waals surface area contributed by atoms with Gasteiger partial charge in [-0.15, -0.1) is 0 Å². The molecule has 0 aromatic carbocycles. The summed E-state index contributed by atoms with van der Waals surface area (Å²) in [6.45, 7) is 2.63. The predicted molar refractivity (Wildman–Crippen MR) is 56.2 cm³/mol. The van der Waals surface area contributed by atoms with Gasteiger partial charge in [0.1, 0.15) is 5.82 Å². The van der Waals surface area contributed by atoms with Gasteiger partial charge in [-0.25, -0.2) is 4.98 Å². The smallest absolute Gasteiger partial charge is 0.128 e. The molecule has 1 atom stereocenters. The summed E-state index contributed by atoms with van der Waals surface area (Å²) in [5, 5.41) is 12.8. The van der Waals surface area contributed by atoms with Gasteiger partial charge in [-0.3, -0.25) is 0 Å². The number of nitrogens with one attached hydrogen (secondary N) is 1. The number of rotatable bonds is 4. The molecule has 1 saturated carbocycles. The van der Waals surface area contributed by atoms with Gasteiger partial charge in [-0.05, 0) is 37.3 Å². The Morgan fingerprint density at radius 1 is 1.64 bits per heavy atom. The Bertz CT molecular complexity index is 310. The molecule has 2 rings (SSSR count). The molecular weight excluding hydrogens is 176 g/mol. The minimum atomic E-state index is -0.212. The van der Waals surface area contributed by atoms with Crippen LogP contribution in [0.4, 0.5) is 5.82 Å². The molecule has 0 bridgehead atoms. The molecule has 0 aliphatic heterocycles. The molecule has 1 aromatic rings. The zero-order valence-corrected chi connectivity index (χ0v) is 8.40. The second kappa shape index (κ2) is 3.96. The van der Waals surface area contributed by atoms with Crippen LogP contribution in [0.5, 0.6) is 0 Å². The SMILES string of the molecule is Cc1cccnc1NCC(O)C1CC1.